The Morgan fingerprint density at radius 1 is 1.39 bits per heavy atom. The van der Waals surface area contributed by atoms with Crippen LogP contribution in [0.5, 0.6) is 0 Å². The molecule has 0 aliphatic carbocycles. The SMILES string of the molecule is CCNC(c1ccc2c(c1)C(=O)NCC2)C(C)C. The van der Waals surface area contributed by atoms with Gasteiger partial charge in [-0.15, -0.1) is 0 Å². The van der Waals surface area contributed by atoms with E-state index in [1.165, 1.54) is 11.1 Å². The van der Waals surface area contributed by atoms with Crippen molar-refractivity contribution in [2.24, 2.45) is 5.92 Å². The molecule has 0 saturated heterocycles. The highest BCUT2D eigenvalue weighted by molar-refractivity contribution is 5.96. The number of rotatable bonds is 4. The molecule has 18 heavy (non-hydrogen) atoms. The summed E-state index contributed by atoms with van der Waals surface area (Å²) in [5, 5.41) is 6.39. The lowest BCUT2D eigenvalue weighted by Crippen LogP contribution is -2.32. The van der Waals surface area contributed by atoms with Gasteiger partial charge in [-0.3, -0.25) is 4.79 Å². The number of amides is 1. The van der Waals surface area contributed by atoms with Gasteiger partial charge in [0.15, 0.2) is 0 Å². The van der Waals surface area contributed by atoms with Gasteiger partial charge in [0.2, 0.25) is 0 Å². The van der Waals surface area contributed by atoms with Crippen molar-refractivity contribution in [3.05, 3.63) is 34.9 Å². The quantitative estimate of drug-likeness (QED) is 0.855. The molecule has 98 valence electrons. The van der Waals surface area contributed by atoms with Crippen LogP contribution >= 0.6 is 0 Å². The zero-order valence-electron chi connectivity index (χ0n) is 11.4. The van der Waals surface area contributed by atoms with Gasteiger partial charge in [-0.1, -0.05) is 32.9 Å². The Kier molecular flexibility index (Phi) is 4.02. The second kappa shape index (κ2) is 5.53. The van der Waals surface area contributed by atoms with E-state index in [9.17, 15) is 4.79 Å². The van der Waals surface area contributed by atoms with Crippen molar-refractivity contribution >= 4 is 5.91 Å². The van der Waals surface area contributed by atoms with Crippen molar-refractivity contribution in [3.8, 4) is 0 Å². The highest BCUT2D eigenvalue weighted by atomic mass is 16.1. The number of fused-ring (bicyclic) bond motifs is 1. The summed E-state index contributed by atoms with van der Waals surface area (Å²) in [5.74, 6) is 0.576. The summed E-state index contributed by atoms with van der Waals surface area (Å²) in [6.07, 6.45) is 0.939. The van der Waals surface area contributed by atoms with E-state index >= 15 is 0 Å². The van der Waals surface area contributed by atoms with Crippen molar-refractivity contribution in [1.29, 1.82) is 0 Å². The summed E-state index contributed by atoms with van der Waals surface area (Å²) in [6.45, 7) is 8.21. The lowest BCUT2D eigenvalue weighted by molar-refractivity contribution is 0.0946. The molecule has 2 N–H and O–H groups in total. The molecule has 0 spiro atoms. The fourth-order valence-corrected chi connectivity index (χ4v) is 2.58. The molecular weight excluding hydrogens is 224 g/mol. The molecule has 1 aromatic rings. The van der Waals surface area contributed by atoms with E-state index in [2.05, 4.69) is 49.6 Å². The molecule has 0 radical (unpaired) electrons. The van der Waals surface area contributed by atoms with Gasteiger partial charge in [0.25, 0.3) is 5.91 Å². The zero-order chi connectivity index (χ0) is 13.1. The minimum atomic E-state index is 0.0668. The van der Waals surface area contributed by atoms with Gasteiger partial charge in [0, 0.05) is 18.2 Å². The Morgan fingerprint density at radius 3 is 2.83 bits per heavy atom. The zero-order valence-corrected chi connectivity index (χ0v) is 11.4. The summed E-state index contributed by atoms with van der Waals surface area (Å²) in [7, 11) is 0. The average Bonchev–Trinajstić information content (AvgIpc) is 2.36. The third-order valence-electron chi connectivity index (χ3n) is 3.51. The van der Waals surface area contributed by atoms with Crippen LogP contribution in [0.2, 0.25) is 0 Å². The number of benzene rings is 1. The molecular formula is C15H22N2O. The molecule has 3 nitrogen and oxygen atoms in total. The van der Waals surface area contributed by atoms with Crippen LogP contribution in [0.1, 0.15) is 48.3 Å². The van der Waals surface area contributed by atoms with Crippen molar-refractivity contribution in [2.75, 3.05) is 13.1 Å². The smallest absolute Gasteiger partial charge is 0.251 e. The Hall–Kier alpha value is -1.35. The number of hydrogen-bond donors (Lipinski definition) is 2. The van der Waals surface area contributed by atoms with Crippen LogP contribution in [0.3, 0.4) is 0 Å². The van der Waals surface area contributed by atoms with Crippen molar-refractivity contribution < 1.29 is 4.79 Å². The van der Waals surface area contributed by atoms with Crippen LogP contribution in [0.25, 0.3) is 0 Å². The van der Waals surface area contributed by atoms with Crippen molar-refractivity contribution in [3.63, 3.8) is 0 Å². The maximum atomic E-state index is 11.9. The van der Waals surface area contributed by atoms with E-state index in [0.29, 0.717) is 12.0 Å². The summed E-state index contributed by atoms with van der Waals surface area (Å²) < 4.78 is 0. The second-order valence-electron chi connectivity index (χ2n) is 5.20. The Labute approximate surface area is 109 Å². The first-order valence-corrected chi connectivity index (χ1v) is 6.78. The summed E-state index contributed by atoms with van der Waals surface area (Å²) >= 11 is 0. The molecule has 2 rings (SSSR count). The third kappa shape index (κ3) is 2.56. The topological polar surface area (TPSA) is 41.1 Å². The fourth-order valence-electron chi connectivity index (χ4n) is 2.58. The van der Waals surface area contributed by atoms with E-state index in [4.69, 9.17) is 0 Å². The average molecular weight is 246 g/mol. The Morgan fingerprint density at radius 2 is 2.17 bits per heavy atom. The first-order chi connectivity index (χ1) is 8.63. The van der Waals surface area contributed by atoms with Crippen molar-refractivity contribution in [2.45, 2.75) is 33.2 Å². The van der Waals surface area contributed by atoms with Gasteiger partial charge >= 0.3 is 0 Å². The lowest BCUT2D eigenvalue weighted by atomic mass is 9.91. The van der Waals surface area contributed by atoms with Crippen molar-refractivity contribution in [1.82, 2.24) is 10.6 Å². The van der Waals surface area contributed by atoms with Crippen LogP contribution in [0.15, 0.2) is 18.2 Å². The molecule has 1 aromatic carbocycles. The first-order valence-electron chi connectivity index (χ1n) is 6.78. The third-order valence-corrected chi connectivity index (χ3v) is 3.51. The molecule has 0 bridgehead atoms. The van der Waals surface area contributed by atoms with Crippen LogP contribution in [0, 0.1) is 5.92 Å². The molecule has 0 fully saturated rings. The van der Waals surface area contributed by atoms with Crippen LogP contribution in [0.4, 0.5) is 0 Å². The predicted molar refractivity (Wildman–Crippen MR) is 73.7 cm³/mol. The van der Waals surface area contributed by atoms with Crippen LogP contribution in [-0.2, 0) is 6.42 Å². The number of carbonyl (C=O) groups excluding carboxylic acids is 1. The van der Waals surface area contributed by atoms with Crippen LogP contribution < -0.4 is 10.6 Å². The molecule has 3 heteroatoms. The van der Waals surface area contributed by atoms with Gasteiger partial charge in [0.05, 0.1) is 0 Å². The molecule has 1 aliphatic rings. The van der Waals surface area contributed by atoms with Gasteiger partial charge in [0.1, 0.15) is 0 Å². The van der Waals surface area contributed by atoms with Gasteiger partial charge in [-0.25, -0.2) is 0 Å². The molecule has 1 amide bonds. The predicted octanol–water partition coefficient (Wildman–Crippen LogP) is 2.28. The molecule has 0 saturated carbocycles. The molecule has 1 aliphatic heterocycles. The monoisotopic (exact) mass is 246 g/mol. The number of hydrogen-bond acceptors (Lipinski definition) is 2. The summed E-state index contributed by atoms with van der Waals surface area (Å²) in [4.78, 5) is 11.9. The Balaban J connectivity index is 2.34. The normalized spacial score (nSPS) is 16.3. The number of carbonyl (C=O) groups is 1. The van der Waals surface area contributed by atoms with E-state index in [-0.39, 0.29) is 5.91 Å². The highest BCUT2D eigenvalue weighted by Gasteiger charge is 2.20. The standard InChI is InChI=1S/C15H22N2O/c1-4-16-14(10(2)3)12-6-5-11-7-8-17-15(18)13(11)9-12/h5-6,9-10,14,16H,4,7-8H2,1-3H3,(H,17,18). The molecule has 1 heterocycles. The molecule has 0 aromatic heterocycles. The minimum Gasteiger partial charge on any atom is -0.352 e. The molecule has 1 unspecified atom stereocenters. The second-order valence-corrected chi connectivity index (χ2v) is 5.20. The van der Waals surface area contributed by atoms with E-state index in [1.54, 1.807) is 0 Å². The minimum absolute atomic E-state index is 0.0668. The maximum absolute atomic E-state index is 11.9. The highest BCUT2D eigenvalue weighted by Crippen LogP contribution is 2.25. The van der Waals surface area contributed by atoms with E-state index in [1.807, 2.05) is 0 Å². The lowest BCUT2D eigenvalue weighted by Gasteiger charge is -2.24. The maximum Gasteiger partial charge on any atom is 0.251 e. The summed E-state index contributed by atoms with van der Waals surface area (Å²) in [6, 6.07) is 6.63. The fraction of sp³-hybridized carbons (Fsp3) is 0.533. The van der Waals surface area contributed by atoms with E-state index in [0.717, 1.165) is 25.1 Å². The molecule has 1 atom stereocenters. The van der Waals surface area contributed by atoms with Crippen LogP contribution in [-0.4, -0.2) is 19.0 Å². The Bertz CT molecular complexity index is 440. The van der Waals surface area contributed by atoms with Gasteiger partial charge in [-0.05, 0) is 36.1 Å². The van der Waals surface area contributed by atoms with Gasteiger partial charge < -0.3 is 10.6 Å². The van der Waals surface area contributed by atoms with E-state index < -0.39 is 0 Å². The first kappa shape index (κ1) is 13.1. The largest absolute Gasteiger partial charge is 0.352 e. The number of nitrogens with one attached hydrogen (secondary N) is 2. The van der Waals surface area contributed by atoms with Gasteiger partial charge in [-0.2, -0.15) is 0 Å². The summed E-state index contributed by atoms with van der Waals surface area (Å²) in [5.41, 5.74) is 3.23.